The van der Waals surface area contributed by atoms with E-state index in [1.54, 1.807) is 10.7 Å². The van der Waals surface area contributed by atoms with Crippen LogP contribution in [0.25, 0.3) is 0 Å². The quantitative estimate of drug-likeness (QED) is 0.918. The predicted octanol–water partition coefficient (Wildman–Crippen LogP) is 2.87. The maximum Gasteiger partial charge on any atom is 0.138 e. The van der Waals surface area contributed by atoms with Crippen LogP contribution in [-0.2, 0) is 13.0 Å². The molecule has 1 aromatic heterocycles. The van der Waals surface area contributed by atoms with Crippen LogP contribution in [0.3, 0.4) is 0 Å². The average Bonchev–Trinajstić information content (AvgIpc) is 2.77. The molecule has 0 radical (unpaired) electrons. The molecule has 1 N–H and O–H groups in total. The summed E-state index contributed by atoms with van der Waals surface area (Å²) in [7, 11) is 0. The fraction of sp³-hybridized carbons (Fsp3) is 0.385. The number of benzene rings is 1. The van der Waals surface area contributed by atoms with Crippen LogP contribution in [-0.4, -0.2) is 19.9 Å². The summed E-state index contributed by atoms with van der Waals surface area (Å²) in [5, 5.41) is 14.3. The monoisotopic (exact) mass is 327 g/mol. The van der Waals surface area contributed by atoms with Crippen LogP contribution in [0.1, 0.15) is 30.8 Å². The SMILES string of the molecule is CCCn1ncnc1CC(O)c1ccc(F)cc1Br. The molecule has 19 heavy (non-hydrogen) atoms. The van der Waals surface area contributed by atoms with Crippen LogP contribution >= 0.6 is 15.9 Å². The van der Waals surface area contributed by atoms with Gasteiger partial charge in [-0.25, -0.2) is 9.37 Å². The topological polar surface area (TPSA) is 50.9 Å². The molecule has 4 nitrogen and oxygen atoms in total. The van der Waals surface area contributed by atoms with Crippen LogP contribution in [0.15, 0.2) is 29.0 Å². The largest absolute Gasteiger partial charge is 0.388 e. The van der Waals surface area contributed by atoms with Gasteiger partial charge >= 0.3 is 0 Å². The highest BCUT2D eigenvalue weighted by molar-refractivity contribution is 9.10. The van der Waals surface area contributed by atoms with Gasteiger partial charge < -0.3 is 5.11 Å². The van der Waals surface area contributed by atoms with Crippen molar-refractivity contribution in [3.8, 4) is 0 Å². The molecule has 102 valence electrons. The summed E-state index contributed by atoms with van der Waals surface area (Å²) in [5.41, 5.74) is 0.646. The van der Waals surface area contributed by atoms with Crippen LogP contribution in [0.2, 0.25) is 0 Å². The third kappa shape index (κ3) is 3.39. The van der Waals surface area contributed by atoms with Gasteiger partial charge in [0.15, 0.2) is 0 Å². The number of aromatic nitrogens is 3. The molecule has 0 aliphatic rings. The van der Waals surface area contributed by atoms with Crippen LogP contribution in [0, 0.1) is 5.82 Å². The predicted molar refractivity (Wildman–Crippen MR) is 73.1 cm³/mol. The van der Waals surface area contributed by atoms with E-state index in [0.717, 1.165) is 18.8 Å². The number of hydrogen-bond donors (Lipinski definition) is 1. The molecule has 0 aliphatic carbocycles. The zero-order valence-corrected chi connectivity index (χ0v) is 12.1. The normalized spacial score (nSPS) is 12.6. The zero-order valence-electron chi connectivity index (χ0n) is 10.6. The van der Waals surface area contributed by atoms with Crippen molar-refractivity contribution >= 4 is 15.9 Å². The van der Waals surface area contributed by atoms with Crippen molar-refractivity contribution in [2.75, 3.05) is 0 Å². The zero-order chi connectivity index (χ0) is 13.8. The number of nitrogens with zero attached hydrogens (tertiary/aromatic N) is 3. The van der Waals surface area contributed by atoms with Crippen LogP contribution < -0.4 is 0 Å². The van der Waals surface area contributed by atoms with Crippen molar-refractivity contribution in [3.63, 3.8) is 0 Å². The van der Waals surface area contributed by atoms with Crippen molar-refractivity contribution in [1.82, 2.24) is 14.8 Å². The van der Waals surface area contributed by atoms with Crippen LogP contribution in [0.4, 0.5) is 4.39 Å². The number of aryl methyl sites for hydroxylation is 1. The molecule has 2 aromatic rings. The van der Waals surface area contributed by atoms with E-state index in [9.17, 15) is 9.50 Å². The standard InChI is InChI=1S/C13H15BrFN3O/c1-2-5-18-13(16-8-17-18)7-12(19)10-4-3-9(15)6-11(10)14/h3-4,6,8,12,19H,2,5,7H2,1H3. The molecule has 0 spiro atoms. The van der Waals surface area contributed by atoms with E-state index in [2.05, 4.69) is 32.9 Å². The summed E-state index contributed by atoms with van der Waals surface area (Å²) in [6, 6.07) is 4.25. The summed E-state index contributed by atoms with van der Waals surface area (Å²) in [4.78, 5) is 4.15. The van der Waals surface area contributed by atoms with Gasteiger partial charge in [0.05, 0.1) is 6.10 Å². The third-order valence-corrected chi connectivity index (χ3v) is 3.52. The second-order valence-electron chi connectivity index (χ2n) is 4.29. The Kier molecular flexibility index (Phi) is 4.66. The highest BCUT2D eigenvalue weighted by atomic mass is 79.9. The molecule has 6 heteroatoms. The van der Waals surface area contributed by atoms with Crippen LogP contribution in [0.5, 0.6) is 0 Å². The number of halogens is 2. The molecule has 0 bridgehead atoms. The van der Waals surface area contributed by atoms with Gasteiger partial charge in [-0.3, -0.25) is 4.68 Å². The smallest absolute Gasteiger partial charge is 0.138 e. The maximum absolute atomic E-state index is 13.0. The Bertz CT molecular complexity index is 559. The average molecular weight is 328 g/mol. The number of rotatable bonds is 5. The van der Waals surface area contributed by atoms with Gasteiger partial charge in [-0.05, 0) is 24.1 Å². The summed E-state index contributed by atoms with van der Waals surface area (Å²) in [6.07, 6.45) is 2.05. The molecular weight excluding hydrogens is 313 g/mol. The summed E-state index contributed by atoms with van der Waals surface area (Å²) >= 11 is 3.26. The van der Waals surface area contributed by atoms with Gasteiger partial charge in [-0.1, -0.05) is 28.9 Å². The lowest BCUT2D eigenvalue weighted by molar-refractivity contribution is 0.173. The van der Waals surface area contributed by atoms with E-state index in [0.29, 0.717) is 16.5 Å². The Labute approximate surface area is 119 Å². The van der Waals surface area contributed by atoms with Crippen molar-refractivity contribution in [3.05, 3.63) is 46.2 Å². The lowest BCUT2D eigenvalue weighted by atomic mass is 10.1. The fourth-order valence-corrected chi connectivity index (χ4v) is 2.51. The molecule has 0 fully saturated rings. The second kappa shape index (κ2) is 6.25. The second-order valence-corrected chi connectivity index (χ2v) is 5.14. The fourth-order valence-electron chi connectivity index (χ4n) is 1.90. The van der Waals surface area contributed by atoms with E-state index in [4.69, 9.17) is 0 Å². The van der Waals surface area contributed by atoms with Crippen molar-refractivity contribution in [2.24, 2.45) is 0 Å². The first-order valence-electron chi connectivity index (χ1n) is 6.11. The molecule has 0 saturated heterocycles. The van der Waals surface area contributed by atoms with E-state index in [-0.39, 0.29) is 5.82 Å². The molecule has 1 atom stereocenters. The third-order valence-electron chi connectivity index (χ3n) is 2.83. The molecule has 0 saturated carbocycles. The Balaban J connectivity index is 2.16. The highest BCUT2D eigenvalue weighted by Gasteiger charge is 2.16. The molecule has 0 amide bonds. The minimum Gasteiger partial charge on any atom is -0.388 e. The van der Waals surface area contributed by atoms with Gasteiger partial charge in [-0.15, -0.1) is 0 Å². The Hall–Kier alpha value is -1.27. The molecule has 0 aliphatic heterocycles. The van der Waals surface area contributed by atoms with E-state index < -0.39 is 6.10 Å². The Morgan fingerprint density at radius 3 is 2.95 bits per heavy atom. The lowest BCUT2D eigenvalue weighted by Crippen LogP contribution is -2.10. The van der Waals surface area contributed by atoms with Crippen molar-refractivity contribution in [1.29, 1.82) is 0 Å². The summed E-state index contributed by atoms with van der Waals surface area (Å²) < 4.78 is 15.4. The highest BCUT2D eigenvalue weighted by Crippen LogP contribution is 2.26. The van der Waals surface area contributed by atoms with Gasteiger partial charge in [-0.2, -0.15) is 5.10 Å². The summed E-state index contributed by atoms with van der Waals surface area (Å²) in [6.45, 7) is 2.82. The lowest BCUT2D eigenvalue weighted by Gasteiger charge is -2.13. The Morgan fingerprint density at radius 1 is 1.47 bits per heavy atom. The van der Waals surface area contributed by atoms with Gasteiger partial charge in [0.25, 0.3) is 0 Å². The number of aliphatic hydroxyl groups is 1. The van der Waals surface area contributed by atoms with E-state index in [1.165, 1.54) is 18.5 Å². The maximum atomic E-state index is 13.0. The minimum atomic E-state index is -0.741. The minimum absolute atomic E-state index is 0.336. The van der Waals surface area contributed by atoms with E-state index in [1.807, 2.05) is 0 Å². The van der Waals surface area contributed by atoms with Gasteiger partial charge in [0.2, 0.25) is 0 Å². The van der Waals surface area contributed by atoms with Crippen molar-refractivity contribution in [2.45, 2.75) is 32.4 Å². The number of hydrogen-bond acceptors (Lipinski definition) is 3. The number of aliphatic hydroxyl groups excluding tert-OH is 1. The van der Waals surface area contributed by atoms with Gasteiger partial charge in [0.1, 0.15) is 18.0 Å². The van der Waals surface area contributed by atoms with Gasteiger partial charge in [0, 0.05) is 17.4 Å². The molecule has 1 aromatic carbocycles. The first kappa shape index (κ1) is 14.1. The first-order chi connectivity index (χ1) is 9.11. The molecule has 1 unspecified atom stereocenters. The Morgan fingerprint density at radius 2 is 2.26 bits per heavy atom. The van der Waals surface area contributed by atoms with Crippen molar-refractivity contribution < 1.29 is 9.50 Å². The molecule has 2 rings (SSSR count). The first-order valence-corrected chi connectivity index (χ1v) is 6.90. The van der Waals surface area contributed by atoms with E-state index >= 15 is 0 Å². The summed E-state index contributed by atoms with van der Waals surface area (Å²) in [5.74, 6) is 0.391. The molecule has 1 heterocycles. The molecular formula is C13H15BrFN3O.